The van der Waals surface area contributed by atoms with Gasteiger partial charge in [-0.05, 0) is 0 Å². The Balaban J connectivity index is 2.68. The van der Waals surface area contributed by atoms with Gasteiger partial charge in [-0.1, -0.05) is 0 Å². The number of aliphatic hydroxyl groups excluding tert-OH is 4. The summed E-state index contributed by atoms with van der Waals surface area (Å²) in [6.45, 7) is -0.290. The molecule has 0 aliphatic carbocycles. The quantitative estimate of drug-likeness (QED) is 0.309. The summed E-state index contributed by atoms with van der Waals surface area (Å²) in [6.07, 6.45) is -1.29. The van der Waals surface area contributed by atoms with Crippen molar-refractivity contribution in [2.45, 2.75) is 18.2 Å². The van der Waals surface area contributed by atoms with Crippen LogP contribution in [-0.4, -0.2) is 45.3 Å². The summed E-state index contributed by atoms with van der Waals surface area (Å²) in [4.78, 5) is 0. The van der Waals surface area contributed by atoms with E-state index < -0.39 is 18.2 Å². The van der Waals surface area contributed by atoms with Gasteiger partial charge in [0.15, 0.2) is 0 Å². The molecule has 0 bridgehead atoms. The summed E-state index contributed by atoms with van der Waals surface area (Å²) in [6, 6.07) is -0.610. The van der Waals surface area contributed by atoms with Gasteiger partial charge in [0, 0.05) is 6.20 Å². The Morgan fingerprint density at radius 2 is 2.09 bits per heavy atom. The zero-order valence-electron chi connectivity index (χ0n) is 5.81. The largest absolute Gasteiger partial charge is 0.508 e. The molecule has 0 aromatic heterocycles. The van der Waals surface area contributed by atoms with Crippen molar-refractivity contribution in [3.8, 4) is 0 Å². The van der Waals surface area contributed by atoms with Crippen LogP contribution in [-0.2, 0) is 0 Å². The molecular weight excluding hydrogens is 150 g/mol. The number of aliphatic hydroxyl groups is 4. The van der Waals surface area contributed by atoms with E-state index >= 15 is 0 Å². The van der Waals surface area contributed by atoms with Gasteiger partial charge in [0.25, 0.3) is 0 Å². The minimum absolute atomic E-state index is 0.290. The first-order valence-electron chi connectivity index (χ1n) is 3.29. The number of rotatable bonds is 1. The standard InChI is InChI=1S/C6H11NO4/c8-2-3-5(10)6(11)4(9)1-7-3/h1,3,5-11H,2H2/t3-,5-,6-/m1/s1. The topological polar surface area (TPSA) is 93.0 Å². The summed E-state index contributed by atoms with van der Waals surface area (Å²) in [5, 5.41) is 38.2. The van der Waals surface area contributed by atoms with E-state index in [0.717, 1.165) is 6.20 Å². The molecule has 0 spiro atoms. The van der Waals surface area contributed by atoms with Crippen molar-refractivity contribution in [3.63, 3.8) is 0 Å². The highest BCUT2D eigenvalue weighted by atomic mass is 16.4. The molecule has 0 amide bonds. The van der Waals surface area contributed by atoms with Gasteiger partial charge in [-0.2, -0.15) is 0 Å². The fourth-order valence-electron chi connectivity index (χ4n) is 0.932. The van der Waals surface area contributed by atoms with Crippen LogP contribution in [0.1, 0.15) is 0 Å². The molecule has 0 aromatic carbocycles. The van der Waals surface area contributed by atoms with Crippen LogP contribution in [0.3, 0.4) is 0 Å². The molecule has 64 valence electrons. The van der Waals surface area contributed by atoms with Gasteiger partial charge in [-0.3, -0.25) is 0 Å². The highest BCUT2D eigenvalue weighted by Crippen LogP contribution is 2.11. The molecule has 1 rings (SSSR count). The highest BCUT2D eigenvalue weighted by Gasteiger charge is 2.31. The van der Waals surface area contributed by atoms with Crippen molar-refractivity contribution in [3.05, 3.63) is 12.0 Å². The van der Waals surface area contributed by atoms with E-state index in [1.54, 1.807) is 0 Å². The smallest absolute Gasteiger partial charge is 0.140 e. The molecule has 1 aliphatic rings. The zero-order valence-corrected chi connectivity index (χ0v) is 5.81. The molecule has 0 aromatic rings. The lowest BCUT2D eigenvalue weighted by Gasteiger charge is -2.29. The van der Waals surface area contributed by atoms with Gasteiger partial charge in [0.05, 0.1) is 12.6 Å². The first-order valence-corrected chi connectivity index (χ1v) is 3.29. The predicted octanol–water partition coefficient (Wildman–Crippen LogP) is -1.93. The van der Waals surface area contributed by atoms with Gasteiger partial charge < -0.3 is 25.7 Å². The Morgan fingerprint density at radius 1 is 1.45 bits per heavy atom. The molecule has 0 fully saturated rings. The van der Waals surface area contributed by atoms with Crippen LogP contribution in [0.5, 0.6) is 0 Å². The van der Waals surface area contributed by atoms with E-state index in [1.165, 1.54) is 0 Å². The fourth-order valence-corrected chi connectivity index (χ4v) is 0.932. The summed E-state index contributed by atoms with van der Waals surface area (Å²) >= 11 is 0. The van der Waals surface area contributed by atoms with Crippen molar-refractivity contribution in [1.29, 1.82) is 0 Å². The number of hydrogen-bond donors (Lipinski definition) is 5. The van der Waals surface area contributed by atoms with Crippen LogP contribution in [0.2, 0.25) is 0 Å². The maximum absolute atomic E-state index is 9.13. The van der Waals surface area contributed by atoms with Crippen LogP contribution in [0.25, 0.3) is 0 Å². The summed E-state index contributed by atoms with van der Waals surface area (Å²) in [5.74, 6) is -0.317. The van der Waals surface area contributed by atoms with Crippen LogP contribution < -0.4 is 5.32 Å². The SMILES string of the molecule is OC[C@H]1NC=C(O)[C@@H](O)[C@@H]1O. The molecule has 0 saturated heterocycles. The van der Waals surface area contributed by atoms with Crippen molar-refractivity contribution >= 4 is 0 Å². The highest BCUT2D eigenvalue weighted by molar-refractivity contribution is 5.08. The lowest BCUT2D eigenvalue weighted by atomic mass is 10.0. The monoisotopic (exact) mass is 161 g/mol. The lowest BCUT2D eigenvalue weighted by Crippen LogP contribution is -2.51. The average Bonchev–Trinajstić information content (AvgIpc) is 2.01. The van der Waals surface area contributed by atoms with Crippen LogP contribution in [0, 0.1) is 0 Å². The average molecular weight is 161 g/mol. The molecule has 5 nitrogen and oxygen atoms in total. The second-order valence-electron chi connectivity index (χ2n) is 2.46. The Morgan fingerprint density at radius 3 is 2.64 bits per heavy atom. The molecule has 5 heteroatoms. The molecule has 3 atom stereocenters. The van der Waals surface area contributed by atoms with E-state index in [2.05, 4.69) is 5.32 Å². The predicted molar refractivity (Wildman–Crippen MR) is 36.7 cm³/mol. The van der Waals surface area contributed by atoms with Gasteiger partial charge in [0.2, 0.25) is 0 Å². The normalized spacial score (nSPS) is 37.7. The Hall–Kier alpha value is -0.780. The molecule has 0 unspecified atom stereocenters. The molecular formula is C6H11NO4. The second-order valence-corrected chi connectivity index (χ2v) is 2.46. The molecule has 1 heterocycles. The van der Waals surface area contributed by atoms with Crippen LogP contribution in [0.4, 0.5) is 0 Å². The summed E-state index contributed by atoms with van der Waals surface area (Å²) in [7, 11) is 0. The summed E-state index contributed by atoms with van der Waals surface area (Å²) < 4.78 is 0. The molecule has 11 heavy (non-hydrogen) atoms. The van der Waals surface area contributed by atoms with Gasteiger partial charge in [-0.15, -0.1) is 0 Å². The van der Waals surface area contributed by atoms with Gasteiger partial charge in [-0.25, -0.2) is 0 Å². The van der Waals surface area contributed by atoms with Crippen LogP contribution >= 0.6 is 0 Å². The maximum atomic E-state index is 9.13. The third-order valence-electron chi connectivity index (χ3n) is 1.68. The van der Waals surface area contributed by atoms with Crippen molar-refractivity contribution in [2.75, 3.05) is 6.61 Å². The third-order valence-corrected chi connectivity index (χ3v) is 1.68. The van der Waals surface area contributed by atoms with Crippen molar-refractivity contribution in [2.24, 2.45) is 0 Å². The van der Waals surface area contributed by atoms with E-state index in [-0.39, 0.29) is 12.4 Å². The Kier molecular flexibility index (Phi) is 2.33. The van der Waals surface area contributed by atoms with Crippen molar-refractivity contribution < 1.29 is 20.4 Å². The van der Waals surface area contributed by atoms with Crippen molar-refractivity contribution in [1.82, 2.24) is 5.32 Å². The molecule has 0 saturated carbocycles. The fraction of sp³-hybridized carbons (Fsp3) is 0.667. The van der Waals surface area contributed by atoms with E-state index in [1.807, 2.05) is 0 Å². The van der Waals surface area contributed by atoms with E-state index in [9.17, 15) is 0 Å². The van der Waals surface area contributed by atoms with Gasteiger partial charge in [0.1, 0.15) is 18.0 Å². The minimum atomic E-state index is -1.30. The minimum Gasteiger partial charge on any atom is -0.508 e. The third kappa shape index (κ3) is 1.45. The maximum Gasteiger partial charge on any atom is 0.140 e. The first kappa shape index (κ1) is 8.32. The number of hydrogen-bond acceptors (Lipinski definition) is 5. The van der Waals surface area contributed by atoms with Crippen LogP contribution in [0.15, 0.2) is 12.0 Å². The summed E-state index contributed by atoms with van der Waals surface area (Å²) in [5.41, 5.74) is 0. The Labute approximate surface area is 63.6 Å². The van der Waals surface area contributed by atoms with E-state index in [0.29, 0.717) is 0 Å². The number of nitrogens with one attached hydrogen (secondary N) is 1. The lowest BCUT2D eigenvalue weighted by molar-refractivity contribution is -0.0226. The zero-order chi connectivity index (χ0) is 8.43. The molecule has 0 radical (unpaired) electrons. The van der Waals surface area contributed by atoms with Gasteiger partial charge >= 0.3 is 0 Å². The Bertz CT molecular complexity index is 170. The van der Waals surface area contributed by atoms with E-state index in [4.69, 9.17) is 20.4 Å². The molecule has 5 N–H and O–H groups in total. The first-order chi connectivity index (χ1) is 5.16. The molecule has 1 aliphatic heterocycles. The second kappa shape index (κ2) is 3.08.